The quantitative estimate of drug-likeness (QED) is 0.829. The van der Waals surface area contributed by atoms with Gasteiger partial charge in [0.2, 0.25) is 0 Å². The van der Waals surface area contributed by atoms with Crippen molar-refractivity contribution < 1.29 is 9.53 Å². The van der Waals surface area contributed by atoms with Crippen LogP contribution in [0.25, 0.3) is 0 Å². The fourth-order valence-electron chi connectivity index (χ4n) is 1.86. The molecule has 92 valence electrons. The number of rotatable bonds is 4. The first-order valence-corrected chi connectivity index (χ1v) is 6.92. The summed E-state index contributed by atoms with van der Waals surface area (Å²) in [5, 5.41) is 3.62. The summed E-state index contributed by atoms with van der Waals surface area (Å²) in [5.74, 6) is 0.673. The third kappa shape index (κ3) is 3.48. The van der Waals surface area contributed by atoms with E-state index in [4.69, 9.17) is 4.74 Å². The van der Waals surface area contributed by atoms with E-state index in [-0.39, 0.29) is 12.0 Å². The Hall–Kier alpha value is -1.00. The lowest BCUT2D eigenvalue weighted by atomic mass is 10.1. The first-order valence-electron chi connectivity index (χ1n) is 5.88. The predicted molar refractivity (Wildman–Crippen MR) is 69.9 cm³/mol. The third-order valence-electron chi connectivity index (χ3n) is 2.69. The maximum Gasteiger partial charge on any atom is 0.324 e. The van der Waals surface area contributed by atoms with Gasteiger partial charge >= 0.3 is 5.97 Å². The summed E-state index contributed by atoms with van der Waals surface area (Å²) < 4.78 is 5.01. The van der Waals surface area contributed by atoms with E-state index in [1.54, 1.807) is 11.8 Å². The highest BCUT2D eigenvalue weighted by Gasteiger charge is 2.30. The van der Waals surface area contributed by atoms with Crippen molar-refractivity contribution in [2.45, 2.75) is 24.8 Å². The van der Waals surface area contributed by atoms with Gasteiger partial charge in [0.15, 0.2) is 0 Å². The van der Waals surface area contributed by atoms with Crippen LogP contribution in [0.4, 0.5) is 0 Å². The smallest absolute Gasteiger partial charge is 0.324 e. The molecule has 0 radical (unpaired) electrons. The maximum atomic E-state index is 11.5. The molecule has 0 amide bonds. The average molecular weight is 251 g/mol. The lowest BCUT2D eigenvalue weighted by molar-refractivity contribution is -0.144. The van der Waals surface area contributed by atoms with Crippen LogP contribution in [-0.4, -0.2) is 29.7 Å². The number of ether oxygens (including phenoxy) is 1. The Bertz CT molecular complexity index is 369. The van der Waals surface area contributed by atoms with Crippen molar-refractivity contribution in [1.29, 1.82) is 0 Å². The van der Waals surface area contributed by atoms with Gasteiger partial charge in [-0.15, -0.1) is 11.8 Å². The topological polar surface area (TPSA) is 38.3 Å². The first-order chi connectivity index (χ1) is 8.29. The monoisotopic (exact) mass is 251 g/mol. The molecular formula is C13H17NO2S. The van der Waals surface area contributed by atoms with Gasteiger partial charge in [-0.1, -0.05) is 30.3 Å². The van der Waals surface area contributed by atoms with E-state index in [2.05, 4.69) is 17.4 Å². The lowest BCUT2D eigenvalue weighted by Gasteiger charge is -2.12. The predicted octanol–water partition coefficient (Wildman–Crippen LogP) is 1.82. The molecule has 1 N–H and O–H groups in total. The van der Waals surface area contributed by atoms with Gasteiger partial charge < -0.3 is 4.74 Å². The molecule has 0 spiro atoms. The zero-order valence-electron chi connectivity index (χ0n) is 9.89. The highest BCUT2D eigenvalue weighted by Crippen LogP contribution is 2.22. The van der Waals surface area contributed by atoms with E-state index < -0.39 is 0 Å². The molecule has 1 fully saturated rings. The van der Waals surface area contributed by atoms with Crippen LogP contribution in [0.2, 0.25) is 0 Å². The van der Waals surface area contributed by atoms with Gasteiger partial charge in [0, 0.05) is 5.75 Å². The van der Waals surface area contributed by atoms with E-state index in [0.717, 1.165) is 12.2 Å². The molecule has 2 atom stereocenters. The molecule has 17 heavy (non-hydrogen) atoms. The molecule has 0 bridgehead atoms. The van der Waals surface area contributed by atoms with Crippen LogP contribution < -0.4 is 5.32 Å². The summed E-state index contributed by atoms with van der Waals surface area (Å²) in [6.07, 6.45) is 0.946. The zero-order valence-corrected chi connectivity index (χ0v) is 10.7. The Labute approximate surface area is 106 Å². The highest BCUT2D eigenvalue weighted by molar-refractivity contribution is 8.00. The highest BCUT2D eigenvalue weighted by atomic mass is 32.2. The van der Waals surface area contributed by atoms with E-state index in [9.17, 15) is 4.79 Å². The van der Waals surface area contributed by atoms with Crippen LogP contribution in [-0.2, 0) is 16.0 Å². The van der Waals surface area contributed by atoms with Crippen molar-refractivity contribution in [3.05, 3.63) is 35.9 Å². The standard InChI is InChI=1S/C13H17NO2S/c1-2-16-13(15)11-9-17-12(14-11)8-10-6-4-3-5-7-10/h3-7,11-12,14H,2,8-9H2,1H3. The second kappa shape index (κ2) is 6.07. The summed E-state index contributed by atoms with van der Waals surface area (Å²) >= 11 is 1.79. The third-order valence-corrected chi connectivity index (χ3v) is 3.92. The van der Waals surface area contributed by atoms with Crippen molar-refractivity contribution in [2.75, 3.05) is 12.4 Å². The number of esters is 1. The minimum atomic E-state index is -0.145. The Morgan fingerprint density at radius 1 is 1.47 bits per heavy atom. The van der Waals surface area contributed by atoms with Gasteiger partial charge in [-0.2, -0.15) is 0 Å². The fourth-order valence-corrected chi connectivity index (χ4v) is 3.09. The molecule has 0 aromatic heterocycles. The van der Waals surface area contributed by atoms with Crippen LogP contribution in [0, 0.1) is 0 Å². The molecule has 4 heteroatoms. The van der Waals surface area contributed by atoms with Gasteiger partial charge in [-0.05, 0) is 18.9 Å². The van der Waals surface area contributed by atoms with Gasteiger partial charge in [-0.3, -0.25) is 10.1 Å². The van der Waals surface area contributed by atoms with Crippen LogP contribution in [0.5, 0.6) is 0 Å². The number of benzene rings is 1. The van der Waals surface area contributed by atoms with Gasteiger partial charge in [-0.25, -0.2) is 0 Å². The lowest BCUT2D eigenvalue weighted by Crippen LogP contribution is -2.38. The summed E-state index contributed by atoms with van der Waals surface area (Å²) in [7, 11) is 0. The Morgan fingerprint density at radius 3 is 2.94 bits per heavy atom. The van der Waals surface area contributed by atoms with Gasteiger partial charge in [0.1, 0.15) is 6.04 Å². The van der Waals surface area contributed by atoms with E-state index in [0.29, 0.717) is 12.0 Å². The van der Waals surface area contributed by atoms with E-state index >= 15 is 0 Å². The Kier molecular flexibility index (Phi) is 4.45. The summed E-state index contributed by atoms with van der Waals surface area (Å²) in [5.41, 5.74) is 1.29. The first kappa shape index (κ1) is 12.5. The molecule has 2 unspecified atom stereocenters. The van der Waals surface area contributed by atoms with Crippen LogP contribution in [0.3, 0.4) is 0 Å². The minimum Gasteiger partial charge on any atom is -0.465 e. The molecule has 1 heterocycles. The van der Waals surface area contributed by atoms with E-state index in [1.165, 1.54) is 5.56 Å². The SMILES string of the molecule is CCOC(=O)C1CSC(Cc2ccccc2)N1. The van der Waals surface area contributed by atoms with Crippen molar-refractivity contribution in [2.24, 2.45) is 0 Å². The van der Waals surface area contributed by atoms with Crippen molar-refractivity contribution in [3.8, 4) is 0 Å². The number of nitrogens with one attached hydrogen (secondary N) is 1. The molecule has 0 saturated carbocycles. The number of thioether (sulfide) groups is 1. The normalized spacial score (nSPS) is 23.6. The average Bonchev–Trinajstić information content (AvgIpc) is 2.79. The molecule has 1 saturated heterocycles. The van der Waals surface area contributed by atoms with Crippen LogP contribution in [0.1, 0.15) is 12.5 Å². The van der Waals surface area contributed by atoms with Crippen molar-refractivity contribution >= 4 is 17.7 Å². The van der Waals surface area contributed by atoms with Crippen LogP contribution in [0.15, 0.2) is 30.3 Å². The fraction of sp³-hybridized carbons (Fsp3) is 0.462. The molecule has 2 rings (SSSR count). The largest absolute Gasteiger partial charge is 0.465 e. The van der Waals surface area contributed by atoms with Gasteiger partial charge in [0.05, 0.1) is 12.0 Å². The Balaban J connectivity index is 1.84. The number of carbonyl (C=O) groups is 1. The molecule has 1 aliphatic heterocycles. The minimum absolute atomic E-state index is 0.129. The van der Waals surface area contributed by atoms with Crippen LogP contribution >= 0.6 is 11.8 Å². The maximum absolute atomic E-state index is 11.5. The molecule has 3 nitrogen and oxygen atoms in total. The summed E-state index contributed by atoms with van der Waals surface area (Å²) in [6, 6.07) is 10.2. The molecule has 1 aliphatic rings. The van der Waals surface area contributed by atoms with Crippen molar-refractivity contribution in [3.63, 3.8) is 0 Å². The second-order valence-corrected chi connectivity index (χ2v) is 5.22. The molecule has 1 aromatic carbocycles. The molecule has 1 aromatic rings. The number of hydrogen-bond donors (Lipinski definition) is 1. The zero-order chi connectivity index (χ0) is 12.1. The van der Waals surface area contributed by atoms with Crippen molar-refractivity contribution in [1.82, 2.24) is 5.32 Å². The number of hydrogen-bond acceptors (Lipinski definition) is 4. The summed E-state index contributed by atoms with van der Waals surface area (Å²) in [4.78, 5) is 11.5. The Morgan fingerprint density at radius 2 is 2.24 bits per heavy atom. The summed E-state index contributed by atoms with van der Waals surface area (Å²) in [6.45, 7) is 2.28. The second-order valence-electron chi connectivity index (χ2n) is 3.98. The molecule has 0 aliphatic carbocycles. The molecular weight excluding hydrogens is 234 g/mol. The van der Waals surface area contributed by atoms with Gasteiger partial charge in [0.25, 0.3) is 0 Å². The number of carbonyl (C=O) groups excluding carboxylic acids is 1. The van der Waals surface area contributed by atoms with E-state index in [1.807, 2.05) is 25.1 Å².